The van der Waals surface area contributed by atoms with Gasteiger partial charge in [0.15, 0.2) is 0 Å². The number of piperazine rings is 1. The molecule has 1 heterocycles. The van der Waals surface area contributed by atoms with Gasteiger partial charge >= 0.3 is 0 Å². The summed E-state index contributed by atoms with van der Waals surface area (Å²) in [5.41, 5.74) is 0.692. The van der Waals surface area contributed by atoms with Crippen LogP contribution in [0.3, 0.4) is 0 Å². The molecule has 0 unspecified atom stereocenters. The van der Waals surface area contributed by atoms with Gasteiger partial charge < -0.3 is 15.0 Å². The van der Waals surface area contributed by atoms with Crippen LogP contribution in [0.5, 0.6) is 5.75 Å². The summed E-state index contributed by atoms with van der Waals surface area (Å²) in [7, 11) is 1.59. The average Bonchev–Trinajstić information content (AvgIpc) is 2.60. The van der Waals surface area contributed by atoms with Crippen LogP contribution in [0.15, 0.2) is 24.3 Å². The van der Waals surface area contributed by atoms with Gasteiger partial charge in [0.05, 0.1) is 12.8 Å². The number of rotatable bonds is 6. The summed E-state index contributed by atoms with van der Waals surface area (Å²) in [6.07, 6.45) is 0.427. The zero-order chi connectivity index (χ0) is 17.5. The van der Waals surface area contributed by atoms with Crippen LogP contribution in [-0.4, -0.2) is 61.4 Å². The molecule has 1 fully saturated rings. The number of amides is 2. The third-order valence-electron chi connectivity index (χ3n) is 4.21. The number of carbonyl (C=O) groups is 2. The smallest absolute Gasteiger partial charge is 0.225 e. The van der Waals surface area contributed by atoms with Gasteiger partial charge in [-0.05, 0) is 12.1 Å². The van der Waals surface area contributed by atoms with Crippen molar-refractivity contribution in [1.29, 1.82) is 0 Å². The van der Waals surface area contributed by atoms with Gasteiger partial charge in [-0.3, -0.25) is 14.5 Å². The molecule has 6 nitrogen and oxygen atoms in total. The van der Waals surface area contributed by atoms with Crippen molar-refractivity contribution in [2.24, 2.45) is 5.92 Å². The number of benzene rings is 1. The second-order valence-electron chi connectivity index (χ2n) is 6.32. The molecule has 24 heavy (non-hydrogen) atoms. The molecule has 0 spiro atoms. The zero-order valence-corrected chi connectivity index (χ0v) is 14.7. The molecule has 6 heteroatoms. The summed E-state index contributed by atoms with van der Waals surface area (Å²) in [6, 6.07) is 7.38. The number of nitrogens with one attached hydrogen (secondary N) is 1. The number of nitrogens with zero attached hydrogens (tertiary/aromatic N) is 2. The lowest BCUT2D eigenvalue weighted by Crippen LogP contribution is -2.50. The number of anilines is 1. The van der Waals surface area contributed by atoms with Crippen molar-refractivity contribution in [2.75, 3.05) is 45.2 Å². The van der Waals surface area contributed by atoms with Crippen molar-refractivity contribution in [3.05, 3.63) is 24.3 Å². The van der Waals surface area contributed by atoms with Crippen LogP contribution < -0.4 is 10.1 Å². The fraction of sp³-hybridized carbons (Fsp3) is 0.556. The van der Waals surface area contributed by atoms with Crippen LogP contribution in [0, 0.1) is 5.92 Å². The van der Waals surface area contributed by atoms with E-state index in [-0.39, 0.29) is 17.7 Å². The van der Waals surface area contributed by atoms with E-state index in [4.69, 9.17) is 4.74 Å². The maximum absolute atomic E-state index is 12.1. The van der Waals surface area contributed by atoms with E-state index in [0.29, 0.717) is 24.4 Å². The summed E-state index contributed by atoms with van der Waals surface area (Å²) >= 11 is 0. The maximum atomic E-state index is 12.1. The molecule has 0 aliphatic carbocycles. The molecular weight excluding hydrogens is 306 g/mol. The van der Waals surface area contributed by atoms with Crippen molar-refractivity contribution in [2.45, 2.75) is 20.3 Å². The van der Waals surface area contributed by atoms with Crippen LogP contribution in [0.1, 0.15) is 20.3 Å². The SMILES string of the molecule is COc1ccccc1NC(=O)CCN1CCN(C(=O)C(C)C)CC1. The van der Waals surface area contributed by atoms with E-state index >= 15 is 0 Å². The molecule has 0 aromatic heterocycles. The van der Waals surface area contributed by atoms with Gasteiger partial charge in [0.1, 0.15) is 5.75 Å². The van der Waals surface area contributed by atoms with Crippen molar-refractivity contribution < 1.29 is 14.3 Å². The van der Waals surface area contributed by atoms with Gasteiger partial charge in [-0.1, -0.05) is 26.0 Å². The molecule has 1 aromatic carbocycles. The van der Waals surface area contributed by atoms with Crippen molar-refractivity contribution >= 4 is 17.5 Å². The fourth-order valence-electron chi connectivity index (χ4n) is 2.78. The molecule has 1 aliphatic heterocycles. The van der Waals surface area contributed by atoms with Gasteiger partial charge in [-0.15, -0.1) is 0 Å². The van der Waals surface area contributed by atoms with Gasteiger partial charge in [0, 0.05) is 45.1 Å². The summed E-state index contributed by atoms with van der Waals surface area (Å²) in [5, 5.41) is 2.89. The Morgan fingerprint density at radius 2 is 1.83 bits per heavy atom. The van der Waals surface area contributed by atoms with Gasteiger partial charge in [-0.2, -0.15) is 0 Å². The minimum atomic E-state index is -0.0276. The fourth-order valence-corrected chi connectivity index (χ4v) is 2.78. The first kappa shape index (κ1) is 18.3. The molecule has 132 valence electrons. The highest BCUT2D eigenvalue weighted by Gasteiger charge is 2.22. The lowest BCUT2D eigenvalue weighted by molar-refractivity contribution is -0.136. The van der Waals surface area contributed by atoms with E-state index in [9.17, 15) is 9.59 Å². The topological polar surface area (TPSA) is 61.9 Å². The zero-order valence-electron chi connectivity index (χ0n) is 14.7. The first-order chi connectivity index (χ1) is 11.5. The molecule has 1 saturated heterocycles. The normalized spacial score (nSPS) is 15.4. The molecule has 1 aliphatic rings. The molecular formula is C18H27N3O3. The number of para-hydroxylation sites is 2. The Kier molecular flexibility index (Phi) is 6.61. The van der Waals surface area contributed by atoms with E-state index in [2.05, 4.69) is 10.2 Å². The first-order valence-corrected chi connectivity index (χ1v) is 8.45. The summed E-state index contributed by atoms with van der Waals surface area (Å²) in [5.74, 6) is 0.888. The molecule has 2 rings (SSSR count). The predicted octanol–water partition coefficient (Wildman–Crippen LogP) is 1.82. The summed E-state index contributed by atoms with van der Waals surface area (Å²) < 4.78 is 5.23. The van der Waals surface area contributed by atoms with Crippen molar-refractivity contribution in [3.8, 4) is 5.75 Å². The van der Waals surface area contributed by atoms with E-state index in [0.717, 1.165) is 26.2 Å². The summed E-state index contributed by atoms with van der Waals surface area (Å²) in [4.78, 5) is 28.2. The minimum absolute atomic E-state index is 0.0276. The van der Waals surface area contributed by atoms with Crippen LogP contribution in [-0.2, 0) is 9.59 Å². The minimum Gasteiger partial charge on any atom is -0.495 e. The highest BCUT2D eigenvalue weighted by molar-refractivity contribution is 5.92. The number of hydrogen-bond donors (Lipinski definition) is 1. The quantitative estimate of drug-likeness (QED) is 0.863. The van der Waals surface area contributed by atoms with Gasteiger partial charge in [0.25, 0.3) is 0 Å². The molecule has 0 atom stereocenters. The van der Waals surface area contributed by atoms with E-state index in [1.807, 2.05) is 43.0 Å². The van der Waals surface area contributed by atoms with Gasteiger partial charge in [0.2, 0.25) is 11.8 Å². The Morgan fingerprint density at radius 3 is 2.46 bits per heavy atom. The van der Waals surface area contributed by atoms with Crippen LogP contribution >= 0.6 is 0 Å². The van der Waals surface area contributed by atoms with Crippen molar-refractivity contribution in [1.82, 2.24) is 9.80 Å². The van der Waals surface area contributed by atoms with E-state index in [1.165, 1.54) is 0 Å². The largest absolute Gasteiger partial charge is 0.495 e. The third kappa shape index (κ3) is 4.96. The van der Waals surface area contributed by atoms with E-state index in [1.54, 1.807) is 7.11 Å². The number of carbonyl (C=O) groups excluding carboxylic acids is 2. The molecule has 2 amide bonds. The Labute approximate surface area is 143 Å². The maximum Gasteiger partial charge on any atom is 0.225 e. The van der Waals surface area contributed by atoms with Gasteiger partial charge in [-0.25, -0.2) is 0 Å². The average molecular weight is 333 g/mol. The van der Waals surface area contributed by atoms with Crippen LogP contribution in [0.4, 0.5) is 5.69 Å². The number of methoxy groups -OCH3 is 1. The Bertz CT molecular complexity index is 566. The molecule has 0 radical (unpaired) electrons. The van der Waals surface area contributed by atoms with Crippen molar-refractivity contribution in [3.63, 3.8) is 0 Å². The Hall–Kier alpha value is -2.08. The molecule has 0 saturated carbocycles. The monoisotopic (exact) mass is 333 g/mol. The standard InChI is InChI=1S/C18H27N3O3/c1-14(2)18(23)21-12-10-20(11-13-21)9-8-17(22)19-15-6-4-5-7-16(15)24-3/h4-7,14H,8-13H2,1-3H3,(H,19,22). The first-order valence-electron chi connectivity index (χ1n) is 8.45. The number of hydrogen-bond acceptors (Lipinski definition) is 4. The second-order valence-corrected chi connectivity index (χ2v) is 6.32. The molecule has 0 bridgehead atoms. The summed E-state index contributed by atoms with van der Waals surface area (Å²) in [6.45, 7) is 7.68. The lowest BCUT2D eigenvalue weighted by Gasteiger charge is -2.35. The molecule has 1 aromatic rings. The number of ether oxygens (including phenoxy) is 1. The Balaban J connectivity index is 1.74. The highest BCUT2D eigenvalue weighted by Crippen LogP contribution is 2.23. The lowest BCUT2D eigenvalue weighted by atomic mass is 10.1. The molecule has 1 N–H and O–H groups in total. The third-order valence-corrected chi connectivity index (χ3v) is 4.21. The van der Waals surface area contributed by atoms with E-state index < -0.39 is 0 Å². The predicted molar refractivity (Wildman–Crippen MR) is 94.1 cm³/mol. The van der Waals surface area contributed by atoms with Crippen LogP contribution in [0.25, 0.3) is 0 Å². The van der Waals surface area contributed by atoms with Crippen LogP contribution in [0.2, 0.25) is 0 Å². The Morgan fingerprint density at radius 1 is 1.17 bits per heavy atom. The highest BCUT2D eigenvalue weighted by atomic mass is 16.5. The second kappa shape index (κ2) is 8.68.